The molecule has 0 aliphatic carbocycles. The van der Waals surface area contributed by atoms with Gasteiger partial charge in [-0.1, -0.05) is 29.3 Å². The molecule has 0 saturated carbocycles. The summed E-state index contributed by atoms with van der Waals surface area (Å²) in [6.07, 6.45) is 0. The van der Waals surface area contributed by atoms with Gasteiger partial charge in [-0.25, -0.2) is 8.42 Å². The molecule has 0 aromatic heterocycles. The van der Waals surface area contributed by atoms with E-state index in [0.29, 0.717) is 16.1 Å². The summed E-state index contributed by atoms with van der Waals surface area (Å²) in [4.78, 5) is 12.2. The van der Waals surface area contributed by atoms with Gasteiger partial charge in [0.15, 0.2) is 0 Å². The van der Waals surface area contributed by atoms with Crippen LogP contribution in [0.4, 0.5) is 5.69 Å². The van der Waals surface area contributed by atoms with Crippen molar-refractivity contribution in [1.82, 2.24) is 5.32 Å². The molecule has 8 heteroatoms. The molecule has 0 unspecified atom stereocenters. The Labute approximate surface area is 157 Å². The van der Waals surface area contributed by atoms with Crippen LogP contribution in [0.2, 0.25) is 10.0 Å². The molecule has 2 rings (SSSR count). The Bertz CT molecular complexity index is 912. The Morgan fingerprint density at radius 1 is 1.08 bits per heavy atom. The Balaban J connectivity index is 2.38. The molecular weight excluding hydrogens is 383 g/mol. The minimum absolute atomic E-state index is 0.0296. The highest BCUT2D eigenvalue weighted by Gasteiger charge is 2.19. The number of rotatable bonds is 5. The van der Waals surface area contributed by atoms with E-state index >= 15 is 0 Å². The van der Waals surface area contributed by atoms with E-state index in [9.17, 15) is 13.2 Å². The number of sulfonamides is 1. The molecule has 0 bridgehead atoms. The fraction of sp³-hybridized carbons (Fsp3) is 0.235. The zero-order valence-electron chi connectivity index (χ0n) is 13.9. The fourth-order valence-corrected chi connectivity index (χ4v) is 3.75. The first kappa shape index (κ1) is 19.6. The smallest absolute Gasteiger partial charge is 0.261 e. The molecule has 0 aliphatic heterocycles. The van der Waals surface area contributed by atoms with Crippen LogP contribution < -0.4 is 10.0 Å². The molecular formula is C17H18Cl2N2O3S. The van der Waals surface area contributed by atoms with Crippen molar-refractivity contribution < 1.29 is 13.2 Å². The average molecular weight is 401 g/mol. The second-order valence-electron chi connectivity index (χ2n) is 5.83. The molecule has 1 amide bonds. The minimum atomic E-state index is -3.91. The van der Waals surface area contributed by atoms with Crippen molar-refractivity contribution in [3.05, 3.63) is 57.6 Å². The van der Waals surface area contributed by atoms with Crippen molar-refractivity contribution in [1.29, 1.82) is 0 Å². The molecule has 2 N–H and O–H groups in total. The van der Waals surface area contributed by atoms with E-state index in [4.69, 9.17) is 23.2 Å². The van der Waals surface area contributed by atoms with Crippen LogP contribution in [0.1, 0.15) is 29.8 Å². The summed E-state index contributed by atoms with van der Waals surface area (Å²) in [5.74, 6) is -0.325. The molecule has 0 radical (unpaired) electrons. The van der Waals surface area contributed by atoms with E-state index in [1.54, 1.807) is 13.0 Å². The van der Waals surface area contributed by atoms with E-state index in [0.717, 1.165) is 0 Å². The molecule has 2 aromatic carbocycles. The van der Waals surface area contributed by atoms with Crippen LogP contribution in [-0.4, -0.2) is 20.4 Å². The lowest BCUT2D eigenvalue weighted by molar-refractivity contribution is 0.0942. The van der Waals surface area contributed by atoms with Gasteiger partial charge < -0.3 is 5.32 Å². The van der Waals surface area contributed by atoms with Crippen LogP contribution in [0.25, 0.3) is 0 Å². The van der Waals surface area contributed by atoms with Crippen LogP contribution >= 0.6 is 23.2 Å². The molecule has 0 fully saturated rings. The number of carbonyl (C=O) groups excluding carboxylic acids is 1. The predicted octanol–water partition coefficient (Wildman–Crippen LogP) is 4.24. The first-order valence-corrected chi connectivity index (χ1v) is 9.73. The monoisotopic (exact) mass is 400 g/mol. The van der Waals surface area contributed by atoms with Crippen molar-refractivity contribution in [2.45, 2.75) is 31.7 Å². The average Bonchev–Trinajstić information content (AvgIpc) is 2.49. The summed E-state index contributed by atoms with van der Waals surface area (Å²) in [5, 5.41) is 3.33. The van der Waals surface area contributed by atoms with Gasteiger partial charge in [-0.3, -0.25) is 9.52 Å². The third-order valence-electron chi connectivity index (χ3n) is 3.36. The molecule has 0 heterocycles. The van der Waals surface area contributed by atoms with E-state index in [2.05, 4.69) is 10.0 Å². The lowest BCUT2D eigenvalue weighted by Crippen LogP contribution is -2.30. The van der Waals surface area contributed by atoms with Gasteiger partial charge in [0.2, 0.25) is 0 Å². The number of aryl methyl sites for hydroxylation is 1. The number of hydrogen-bond donors (Lipinski definition) is 2. The van der Waals surface area contributed by atoms with Crippen LogP contribution in [0.3, 0.4) is 0 Å². The van der Waals surface area contributed by atoms with E-state index in [1.165, 1.54) is 30.3 Å². The largest absolute Gasteiger partial charge is 0.350 e. The molecule has 2 aromatic rings. The van der Waals surface area contributed by atoms with Gasteiger partial charge in [-0.15, -0.1) is 0 Å². The summed E-state index contributed by atoms with van der Waals surface area (Å²) in [7, 11) is -3.91. The Hall–Kier alpha value is -1.76. The fourth-order valence-electron chi connectivity index (χ4n) is 2.13. The predicted molar refractivity (Wildman–Crippen MR) is 101 cm³/mol. The molecule has 0 aliphatic rings. The normalized spacial score (nSPS) is 11.4. The lowest BCUT2D eigenvalue weighted by atomic mass is 10.1. The van der Waals surface area contributed by atoms with Crippen molar-refractivity contribution in [3.63, 3.8) is 0 Å². The number of amides is 1. The molecule has 25 heavy (non-hydrogen) atoms. The maximum Gasteiger partial charge on any atom is 0.261 e. The highest BCUT2D eigenvalue weighted by molar-refractivity contribution is 7.92. The van der Waals surface area contributed by atoms with E-state index < -0.39 is 10.0 Å². The van der Waals surface area contributed by atoms with Gasteiger partial charge in [0, 0.05) is 16.6 Å². The van der Waals surface area contributed by atoms with Gasteiger partial charge >= 0.3 is 0 Å². The highest BCUT2D eigenvalue weighted by atomic mass is 35.5. The molecule has 0 spiro atoms. The summed E-state index contributed by atoms with van der Waals surface area (Å²) in [6, 6.07) is 8.76. The summed E-state index contributed by atoms with van der Waals surface area (Å²) >= 11 is 11.8. The number of anilines is 1. The van der Waals surface area contributed by atoms with Crippen molar-refractivity contribution in [2.24, 2.45) is 0 Å². The van der Waals surface area contributed by atoms with E-state index in [1.807, 2.05) is 13.8 Å². The second kappa shape index (κ2) is 7.64. The maximum absolute atomic E-state index is 12.6. The second-order valence-corrected chi connectivity index (χ2v) is 8.36. The number of carbonyl (C=O) groups is 1. The van der Waals surface area contributed by atoms with Gasteiger partial charge in [0.25, 0.3) is 15.9 Å². The summed E-state index contributed by atoms with van der Waals surface area (Å²) in [6.45, 7) is 5.41. The number of nitrogens with one attached hydrogen (secondary N) is 2. The first-order chi connectivity index (χ1) is 11.6. The zero-order valence-corrected chi connectivity index (χ0v) is 16.3. The van der Waals surface area contributed by atoms with Crippen molar-refractivity contribution >= 4 is 44.8 Å². The number of benzene rings is 2. The Morgan fingerprint density at radius 2 is 1.76 bits per heavy atom. The molecule has 0 atom stereocenters. The topological polar surface area (TPSA) is 75.3 Å². The van der Waals surface area contributed by atoms with Gasteiger partial charge in [-0.2, -0.15) is 0 Å². The lowest BCUT2D eigenvalue weighted by Gasteiger charge is -2.13. The summed E-state index contributed by atoms with van der Waals surface area (Å²) < 4.78 is 27.6. The zero-order chi connectivity index (χ0) is 18.8. The Morgan fingerprint density at radius 3 is 2.36 bits per heavy atom. The van der Waals surface area contributed by atoms with Gasteiger partial charge in [-0.05, 0) is 56.7 Å². The summed E-state index contributed by atoms with van der Waals surface area (Å²) in [5.41, 5.74) is 1.19. The Kier molecular flexibility index (Phi) is 5.98. The SMILES string of the molecule is Cc1ccc(S(=O)(=O)Nc2ccc(Cl)cc2Cl)cc1C(=O)NC(C)C. The molecule has 5 nitrogen and oxygen atoms in total. The van der Waals surface area contributed by atoms with E-state index in [-0.39, 0.29) is 27.6 Å². The van der Waals surface area contributed by atoms with Crippen molar-refractivity contribution in [3.8, 4) is 0 Å². The highest BCUT2D eigenvalue weighted by Crippen LogP contribution is 2.28. The van der Waals surface area contributed by atoms with Crippen LogP contribution in [-0.2, 0) is 10.0 Å². The van der Waals surface area contributed by atoms with Crippen LogP contribution in [0.15, 0.2) is 41.3 Å². The minimum Gasteiger partial charge on any atom is -0.350 e. The van der Waals surface area contributed by atoms with Crippen molar-refractivity contribution in [2.75, 3.05) is 4.72 Å². The van der Waals surface area contributed by atoms with Gasteiger partial charge in [0.1, 0.15) is 0 Å². The third kappa shape index (κ3) is 4.87. The standard InChI is InChI=1S/C17H18Cl2N2O3S/c1-10(2)20-17(22)14-9-13(6-4-11(14)3)25(23,24)21-16-7-5-12(18)8-15(16)19/h4-10,21H,1-3H3,(H,20,22). The van der Waals surface area contributed by atoms with Gasteiger partial charge in [0.05, 0.1) is 15.6 Å². The first-order valence-electron chi connectivity index (χ1n) is 7.49. The van der Waals surface area contributed by atoms with Crippen LogP contribution in [0, 0.1) is 6.92 Å². The quantitative estimate of drug-likeness (QED) is 0.787. The van der Waals surface area contributed by atoms with Crippen LogP contribution in [0.5, 0.6) is 0 Å². The third-order valence-corrected chi connectivity index (χ3v) is 5.27. The maximum atomic E-state index is 12.6. The number of hydrogen-bond acceptors (Lipinski definition) is 3. The number of halogens is 2. The molecule has 134 valence electrons. The molecule has 0 saturated heterocycles.